The van der Waals surface area contributed by atoms with Crippen LogP contribution in [-0.4, -0.2) is 50.9 Å². The van der Waals surface area contributed by atoms with E-state index < -0.39 is 10.0 Å². The maximum atomic E-state index is 12.7. The van der Waals surface area contributed by atoms with Crippen molar-refractivity contribution in [3.05, 3.63) is 24.3 Å². The van der Waals surface area contributed by atoms with Crippen molar-refractivity contribution < 1.29 is 13.2 Å². The molecule has 0 bridgehead atoms. The molecule has 2 aliphatic rings. The highest BCUT2D eigenvalue weighted by Crippen LogP contribution is 2.25. The van der Waals surface area contributed by atoms with Crippen molar-refractivity contribution in [3.8, 4) is 0 Å². The first-order chi connectivity index (χ1) is 10.5. The molecule has 2 saturated heterocycles. The van der Waals surface area contributed by atoms with Crippen molar-refractivity contribution in [2.24, 2.45) is 0 Å². The van der Waals surface area contributed by atoms with Crippen molar-refractivity contribution in [2.75, 3.05) is 31.1 Å². The van der Waals surface area contributed by atoms with E-state index in [0.717, 1.165) is 12.1 Å². The minimum atomic E-state index is -3.48. The lowest BCUT2D eigenvalue weighted by molar-refractivity contribution is -0.117. The standard InChI is InChI=1S/C15H21N3O3S.ClH/c1-12-11-16-8-10-18(12)22(20,21)14-6-4-13(5-7-14)17-9-2-3-15(17)19;/h4-7,12,16H,2-3,8-11H2,1H3;1H. The van der Waals surface area contributed by atoms with Gasteiger partial charge in [-0.05, 0) is 37.6 Å². The molecule has 8 heteroatoms. The second kappa shape index (κ2) is 7.17. The molecule has 2 fully saturated rings. The van der Waals surface area contributed by atoms with E-state index in [1.54, 1.807) is 33.5 Å². The van der Waals surface area contributed by atoms with Crippen LogP contribution < -0.4 is 10.2 Å². The molecule has 1 aromatic rings. The lowest BCUT2D eigenvalue weighted by Gasteiger charge is -2.32. The minimum Gasteiger partial charge on any atom is -0.314 e. The monoisotopic (exact) mass is 359 g/mol. The Bertz CT molecular complexity index is 663. The van der Waals surface area contributed by atoms with Gasteiger partial charge in [0.05, 0.1) is 4.90 Å². The summed E-state index contributed by atoms with van der Waals surface area (Å²) in [5.74, 6) is 0.103. The number of hydrogen-bond acceptors (Lipinski definition) is 4. The van der Waals surface area contributed by atoms with Gasteiger partial charge in [-0.25, -0.2) is 8.42 Å². The minimum absolute atomic E-state index is 0. The van der Waals surface area contributed by atoms with Crippen LogP contribution in [-0.2, 0) is 14.8 Å². The number of benzene rings is 1. The zero-order chi connectivity index (χ0) is 15.7. The maximum Gasteiger partial charge on any atom is 0.243 e. The van der Waals surface area contributed by atoms with E-state index in [4.69, 9.17) is 0 Å². The summed E-state index contributed by atoms with van der Waals surface area (Å²) in [5, 5.41) is 3.19. The quantitative estimate of drug-likeness (QED) is 0.881. The molecule has 1 atom stereocenters. The molecule has 0 aromatic heterocycles. The van der Waals surface area contributed by atoms with Crippen molar-refractivity contribution in [1.82, 2.24) is 9.62 Å². The van der Waals surface area contributed by atoms with E-state index >= 15 is 0 Å². The predicted octanol–water partition coefficient (Wildman–Crippen LogP) is 1.22. The number of nitrogens with one attached hydrogen (secondary N) is 1. The lowest BCUT2D eigenvalue weighted by Crippen LogP contribution is -2.52. The highest BCUT2D eigenvalue weighted by Gasteiger charge is 2.31. The van der Waals surface area contributed by atoms with Gasteiger partial charge in [0.2, 0.25) is 15.9 Å². The van der Waals surface area contributed by atoms with Crippen LogP contribution in [0, 0.1) is 0 Å². The topological polar surface area (TPSA) is 69.7 Å². The number of carbonyl (C=O) groups excluding carboxylic acids is 1. The van der Waals surface area contributed by atoms with Gasteiger partial charge in [-0.1, -0.05) is 0 Å². The summed E-state index contributed by atoms with van der Waals surface area (Å²) in [6, 6.07) is 6.60. The van der Waals surface area contributed by atoms with Gasteiger partial charge in [-0.3, -0.25) is 4.79 Å². The van der Waals surface area contributed by atoms with E-state index in [1.807, 2.05) is 6.92 Å². The lowest BCUT2D eigenvalue weighted by atomic mass is 10.3. The second-order valence-corrected chi connectivity index (χ2v) is 7.70. The van der Waals surface area contributed by atoms with E-state index in [1.165, 1.54) is 0 Å². The molecular weight excluding hydrogens is 338 g/mol. The Morgan fingerprint density at radius 2 is 1.87 bits per heavy atom. The van der Waals surface area contributed by atoms with Gasteiger partial charge < -0.3 is 10.2 Å². The third-order valence-electron chi connectivity index (χ3n) is 4.27. The van der Waals surface area contributed by atoms with E-state index in [0.29, 0.717) is 32.6 Å². The fourth-order valence-corrected chi connectivity index (χ4v) is 4.66. The smallest absolute Gasteiger partial charge is 0.243 e. The molecule has 23 heavy (non-hydrogen) atoms. The largest absolute Gasteiger partial charge is 0.314 e. The summed E-state index contributed by atoms with van der Waals surface area (Å²) in [5.41, 5.74) is 0.773. The van der Waals surface area contributed by atoms with Crippen LogP contribution >= 0.6 is 12.4 Å². The molecule has 2 heterocycles. The van der Waals surface area contributed by atoms with Gasteiger partial charge in [-0.15, -0.1) is 12.4 Å². The first-order valence-corrected chi connectivity index (χ1v) is 9.07. The first-order valence-electron chi connectivity index (χ1n) is 7.63. The van der Waals surface area contributed by atoms with Crippen molar-refractivity contribution >= 4 is 34.0 Å². The predicted molar refractivity (Wildman–Crippen MR) is 91.5 cm³/mol. The molecule has 0 aliphatic carbocycles. The van der Waals surface area contributed by atoms with Gasteiger partial charge in [0.25, 0.3) is 0 Å². The summed E-state index contributed by atoms with van der Waals surface area (Å²) in [7, 11) is -3.48. The zero-order valence-electron chi connectivity index (χ0n) is 13.1. The highest BCUT2D eigenvalue weighted by molar-refractivity contribution is 7.89. The number of piperazine rings is 1. The Hall–Kier alpha value is -1.15. The summed E-state index contributed by atoms with van der Waals surface area (Å²) in [6.45, 7) is 4.43. The summed E-state index contributed by atoms with van der Waals surface area (Å²) >= 11 is 0. The molecular formula is C15H22ClN3O3S. The van der Waals surface area contributed by atoms with Crippen LogP contribution in [0.25, 0.3) is 0 Å². The van der Waals surface area contributed by atoms with Crippen molar-refractivity contribution in [1.29, 1.82) is 0 Å². The van der Waals surface area contributed by atoms with Crippen LogP contribution in [0.3, 0.4) is 0 Å². The number of halogens is 1. The van der Waals surface area contributed by atoms with Gasteiger partial charge in [0, 0.05) is 44.3 Å². The molecule has 128 valence electrons. The number of hydrogen-bond donors (Lipinski definition) is 1. The molecule has 0 spiro atoms. The second-order valence-electron chi connectivity index (χ2n) is 5.81. The van der Waals surface area contributed by atoms with Gasteiger partial charge in [-0.2, -0.15) is 4.31 Å². The third kappa shape index (κ3) is 3.52. The van der Waals surface area contributed by atoms with Crippen LogP contribution in [0.1, 0.15) is 19.8 Å². The first kappa shape index (κ1) is 18.2. The van der Waals surface area contributed by atoms with E-state index in [9.17, 15) is 13.2 Å². The Kier molecular flexibility index (Phi) is 5.67. The van der Waals surface area contributed by atoms with Crippen molar-refractivity contribution in [3.63, 3.8) is 0 Å². The van der Waals surface area contributed by atoms with Gasteiger partial charge >= 0.3 is 0 Å². The van der Waals surface area contributed by atoms with Crippen LogP contribution in [0.5, 0.6) is 0 Å². The number of sulfonamides is 1. The molecule has 1 N–H and O–H groups in total. The number of carbonyl (C=O) groups is 1. The average molecular weight is 360 g/mol. The molecule has 0 radical (unpaired) electrons. The number of rotatable bonds is 3. The van der Waals surface area contributed by atoms with Crippen LogP contribution in [0.15, 0.2) is 29.2 Å². The maximum absolute atomic E-state index is 12.7. The summed E-state index contributed by atoms with van der Waals surface area (Å²) in [6.07, 6.45) is 1.43. The number of amides is 1. The molecule has 1 unspecified atom stereocenters. The SMILES string of the molecule is CC1CNCCN1S(=O)(=O)c1ccc(N2CCCC2=O)cc1.Cl. The fraction of sp³-hybridized carbons (Fsp3) is 0.533. The molecule has 1 amide bonds. The molecule has 3 rings (SSSR count). The zero-order valence-corrected chi connectivity index (χ0v) is 14.7. The van der Waals surface area contributed by atoms with Crippen LogP contribution in [0.2, 0.25) is 0 Å². The normalized spacial score (nSPS) is 22.9. The van der Waals surface area contributed by atoms with Gasteiger partial charge in [0.15, 0.2) is 0 Å². The van der Waals surface area contributed by atoms with E-state index in [2.05, 4.69) is 5.32 Å². The number of nitrogens with zero attached hydrogens (tertiary/aromatic N) is 2. The van der Waals surface area contributed by atoms with E-state index in [-0.39, 0.29) is 29.3 Å². The summed E-state index contributed by atoms with van der Waals surface area (Å²) < 4.78 is 27.0. The highest BCUT2D eigenvalue weighted by atomic mass is 35.5. The third-order valence-corrected chi connectivity index (χ3v) is 6.30. The number of anilines is 1. The van der Waals surface area contributed by atoms with Crippen molar-refractivity contribution in [2.45, 2.75) is 30.7 Å². The Labute approximate surface area is 143 Å². The Balaban J connectivity index is 0.00000192. The molecule has 2 aliphatic heterocycles. The van der Waals surface area contributed by atoms with Crippen LogP contribution in [0.4, 0.5) is 5.69 Å². The summed E-state index contributed by atoms with van der Waals surface area (Å²) in [4.78, 5) is 13.7. The molecule has 6 nitrogen and oxygen atoms in total. The Morgan fingerprint density at radius 1 is 1.17 bits per heavy atom. The Morgan fingerprint density at radius 3 is 2.43 bits per heavy atom. The average Bonchev–Trinajstić information content (AvgIpc) is 2.94. The molecule has 1 aromatic carbocycles. The molecule has 0 saturated carbocycles. The van der Waals surface area contributed by atoms with Gasteiger partial charge in [0.1, 0.15) is 0 Å². The fourth-order valence-electron chi connectivity index (χ4n) is 3.03.